The molecule has 0 fully saturated rings. The van der Waals surface area contributed by atoms with Gasteiger partial charge in [0.1, 0.15) is 17.2 Å². The van der Waals surface area contributed by atoms with Crippen LogP contribution in [-0.4, -0.2) is 34.4 Å². The molecule has 0 aliphatic heterocycles. The van der Waals surface area contributed by atoms with Crippen molar-refractivity contribution in [3.05, 3.63) is 64.7 Å². The van der Waals surface area contributed by atoms with E-state index >= 15 is 0 Å². The maximum atomic E-state index is 13.3. The van der Waals surface area contributed by atoms with E-state index in [2.05, 4.69) is 10.3 Å². The van der Waals surface area contributed by atoms with E-state index in [0.29, 0.717) is 34.8 Å². The first kappa shape index (κ1) is 22.3. The first-order valence-corrected chi connectivity index (χ1v) is 10.2. The highest BCUT2D eigenvalue weighted by Gasteiger charge is 2.21. The molecule has 2 aromatic carbocycles. The van der Waals surface area contributed by atoms with Crippen molar-refractivity contribution >= 4 is 17.0 Å². The molecule has 0 radical (unpaired) electrons. The zero-order valence-corrected chi connectivity index (χ0v) is 18.2. The smallest absolute Gasteiger partial charge is 0.407 e. The van der Waals surface area contributed by atoms with Crippen molar-refractivity contribution in [3.8, 4) is 11.4 Å². The Bertz CT molecular complexity index is 1120. The molecule has 1 heterocycles. The second-order valence-electron chi connectivity index (χ2n) is 8.04. The van der Waals surface area contributed by atoms with Gasteiger partial charge in [-0.2, -0.15) is 0 Å². The number of amides is 1. The van der Waals surface area contributed by atoms with Crippen LogP contribution in [-0.2, 0) is 4.74 Å². The van der Waals surface area contributed by atoms with Gasteiger partial charge in [-0.15, -0.1) is 0 Å². The van der Waals surface area contributed by atoms with Crippen LogP contribution < -0.4 is 21.3 Å². The third-order valence-corrected chi connectivity index (χ3v) is 4.40. The number of ether oxygens (including phenoxy) is 2. The van der Waals surface area contributed by atoms with Crippen LogP contribution in [0.4, 0.5) is 4.79 Å². The van der Waals surface area contributed by atoms with Crippen molar-refractivity contribution in [3.63, 3.8) is 0 Å². The fourth-order valence-electron chi connectivity index (χ4n) is 3.10. The third kappa shape index (κ3) is 5.40. The first-order valence-electron chi connectivity index (χ1n) is 10.2. The van der Waals surface area contributed by atoms with E-state index in [9.17, 15) is 9.59 Å². The summed E-state index contributed by atoms with van der Waals surface area (Å²) in [7, 11) is 0. The summed E-state index contributed by atoms with van der Waals surface area (Å²) in [6, 6.07) is 13.5. The van der Waals surface area contributed by atoms with Crippen molar-refractivity contribution in [2.75, 3.05) is 13.2 Å². The minimum absolute atomic E-state index is 0.0523. The number of rotatable bonds is 6. The fourth-order valence-corrected chi connectivity index (χ4v) is 3.10. The van der Waals surface area contributed by atoms with Gasteiger partial charge in [0.15, 0.2) is 0 Å². The minimum atomic E-state index is -0.739. The Morgan fingerprint density at radius 2 is 1.84 bits per heavy atom. The van der Waals surface area contributed by atoms with E-state index in [1.54, 1.807) is 63.2 Å². The summed E-state index contributed by atoms with van der Waals surface area (Å²) < 4.78 is 12.2. The maximum absolute atomic E-state index is 13.3. The molecule has 1 unspecified atom stereocenters. The summed E-state index contributed by atoms with van der Waals surface area (Å²) in [4.78, 5) is 30.0. The SMILES string of the molecule is CCOc1ccc(-n2c(C(N)CNC(=O)OC(C)(C)C)nc3ccccc3c2=O)cc1. The largest absolute Gasteiger partial charge is 0.494 e. The molecule has 31 heavy (non-hydrogen) atoms. The number of benzene rings is 2. The predicted octanol–water partition coefficient (Wildman–Crippen LogP) is 3.31. The summed E-state index contributed by atoms with van der Waals surface area (Å²) in [5, 5.41) is 3.13. The molecule has 0 bridgehead atoms. The number of hydrogen-bond acceptors (Lipinski definition) is 6. The highest BCUT2D eigenvalue weighted by molar-refractivity contribution is 5.78. The van der Waals surface area contributed by atoms with Gasteiger partial charge >= 0.3 is 6.09 Å². The number of hydrogen-bond donors (Lipinski definition) is 2. The van der Waals surface area contributed by atoms with Crippen LogP contribution in [0.1, 0.15) is 39.6 Å². The Labute approximate surface area is 181 Å². The Morgan fingerprint density at radius 3 is 2.48 bits per heavy atom. The van der Waals surface area contributed by atoms with E-state index in [1.165, 1.54) is 4.57 Å². The Hall–Kier alpha value is -3.39. The average Bonchev–Trinajstić information content (AvgIpc) is 2.72. The van der Waals surface area contributed by atoms with E-state index in [-0.39, 0.29) is 12.1 Å². The van der Waals surface area contributed by atoms with Crippen LogP contribution in [0.3, 0.4) is 0 Å². The van der Waals surface area contributed by atoms with Crippen molar-refractivity contribution in [1.29, 1.82) is 0 Å². The monoisotopic (exact) mass is 424 g/mol. The van der Waals surface area contributed by atoms with Crippen LogP contribution >= 0.6 is 0 Å². The van der Waals surface area contributed by atoms with Crippen molar-refractivity contribution in [1.82, 2.24) is 14.9 Å². The number of nitrogens with zero attached hydrogens (tertiary/aromatic N) is 2. The average molecular weight is 425 g/mol. The van der Waals surface area contributed by atoms with Gasteiger partial charge in [0, 0.05) is 6.54 Å². The predicted molar refractivity (Wildman–Crippen MR) is 120 cm³/mol. The number of nitrogens with two attached hydrogens (primary N) is 1. The number of alkyl carbamates (subject to hydrolysis) is 1. The highest BCUT2D eigenvalue weighted by atomic mass is 16.6. The number of para-hydroxylation sites is 1. The zero-order valence-electron chi connectivity index (χ0n) is 18.2. The molecule has 164 valence electrons. The molecule has 3 aromatic rings. The Kier molecular flexibility index (Phi) is 6.60. The summed E-state index contributed by atoms with van der Waals surface area (Å²) in [5.74, 6) is 1.04. The van der Waals surface area contributed by atoms with E-state index in [1.807, 2.05) is 13.0 Å². The number of aromatic nitrogens is 2. The summed E-state index contributed by atoms with van der Waals surface area (Å²) >= 11 is 0. The van der Waals surface area contributed by atoms with Crippen LogP contribution in [0.25, 0.3) is 16.6 Å². The van der Waals surface area contributed by atoms with Crippen LogP contribution in [0.15, 0.2) is 53.3 Å². The molecule has 3 rings (SSSR count). The lowest BCUT2D eigenvalue weighted by Crippen LogP contribution is -2.38. The molecule has 8 heteroatoms. The molecule has 3 N–H and O–H groups in total. The van der Waals surface area contributed by atoms with Gasteiger partial charge < -0.3 is 20.5 Å². The van der Waals surface area contributed by atoms with Gasteiger partial charge in [0.25, 0.3) is 5.56 Å². The van der Waals surface area contributed by atoms with E-state index in [0.717, 1.165) is 0 Å². The minimum Gasteiger partial charge on any atom is -0.494 e. The van der Waals surface area contributed by atoms with Gasteiger partial charge in [0.2, 0.25) is 0 Å². The summed E-state index contributed by atoms with van der Waals surface area (Å²) in [5.41, 5.74) is 6.65. The molecular formula is C23H28N4O4. The number of carbonyl (C=O) groups excluding carboxylic acids is 1. The van der Waals surface area contributed by atoms with Gasteiger partial charge in [-0.1, -0.05) is 12.1 Å². The Balaban J connectivity index is 2.00. The van der Waals surface area contributed by atoms with Gasteiger partial charge in [0.05, 0.1) is 29.2 Å². The van der Waals surface area contributed by atoms with Crippen LogP contribution in [0.5, 0.6) is 5.75 Å². The molecule has 1 atom stereocenters. The standard InChI is InChI=1S/C23H28N4O4/c1-5-30-16-12-10-15(11-13-16)27-20(18(24)14-25-22(29)31-23(2,3)4)26-19-9-7-6-8-17(19)21(27)28/h6-13,18H,5,14,24H2,1-4H3,(H,25,29). The normalized spacial score (nSPS) is 12.4. The topological polar surface area (TPSA) is 108 Å². The van der Waals surface area contributed by atoms with Gasteiger partial charge in [-0.25, -0.2) is 9.78 Å². The quantitative estimate of drug-likeness (QED) is 0.628. The fraction of sp³-hybridized carbons (Fsp3) is 0.348. The zero-order chi connectivity index (χ0) is 22.6. The van der Waals surface area contributed by atoms with Gasteiger partial charge in [-0.05, 0) is 64.1 Å². The number of fused-ring (bicyclic) bond motifs is 1. The van der Waals surface area contributed by atoms with Crippen LogP contribution in [0.2, 0.25) is 0 Å². The lowest BCUT2D eigenvalue weighted by Gasteiger charge is -2.22. The van der Waals surface area contributed by atoms with E-state index in [4.69, 9.17) is 15.2 Å². The third-order valence-electron chi connectivity index (χ3n) is 4.40. The lowest BCUT2D eigenvalue weighted by molar-refractivity contribution is 0.0524. The van der Waals surface area contributed by atoms with E-state index < -0.39 is 17.7 Å². The van der Waals surface area contributed by atoms with Gasteiger partial charge in [-0.3, -0.25) is 9.36 Å². The lowest BCUT2D eigenvalue weighted by atomic mass is 10.2. The molecule has 0 aliphatic rings. The second kappa shape index (κ2) is 9.18. The number of carbonyl (C=O) groups is 1. The van der Waals surface area contributed by atoms with Crippen molar-refractivity contribution < 1.29 is 14.3 Å². The van der Waals surface area contributed by atoms with Crippen LogP contribution in [0, 0.1) is 0 Å². The summed E-state index contributed by atoms with van der Waals surface area (Å²) in [6.45, 7) is 7.84. The summed E-state index contributed by atoms with van der Waals surface area (Å²) in [6.07, 6.45) is -0.585. The second-order valence-corrected chi connectivity index (χ2v) is 8.04. The highest BCUT2D eigenvalue weighted by Crippen LogP contribution is 2.19. The van der Waals surface area contributed by atoms with Crippen molar-refractivity contribution in [2.45, 2.75) is 39.3 Å². The molecule has 8 nitrogen and oxygen atoms in total. The van der Waals surface area contributed by atoms with Crippen molar-refractivity contribution in [2.24, 2.45) is 5.73 Å². The molecular weight excluding hydrogens is 396 g/mol. The first-order chi connectivity index (χ1) is 14.7. The molecule has 0 saturated heterocycles. The Morgan fingerprint density at radius 1 is 1.16 bits per heavy atom. The molecule has 1 amide bonds. The maximum Gasteiger partial charge on any atom is 0.407 e. The molecule has 0 saturated carbocycles. The molecule has 1 aromatic heterocycles. The number of nitrogens with one attached hydrogen (secondary N) is 1. The molecule has 0 aliphatic carbocycles. The molecule has 0 spiro atoms.